The van der Waals surface area contributed by atoms with E-state index in [-0.39, 0.29) is 5.75 Å². The summed E-state index contributed by atoms with van der Waals surface area (Å²) in [6.07, 6.45) is 2.22. The van der Waals surface area contributed by atoms with Crippen molar-refractivity contribution in [2.24, 2.45) is 5.14 Å². The zero-order chi connectivity index (χ0) is 12.3. The standard InChI is InChI=1S/C12H18N2O2S/c13-17(15,16)9-10-2-1-3-12(8-10)11-4-6-14-7-5-11/h1-3,8,11,14H,4-7,9H2,(H2,13,15,16). The number of primary sulfonamides is 1. The van der Waals surface area contributed by atoms with Crippen LogP contribution >= 0.6 is 0 Å². The Kier molecular flexibility index (Phi) is 3.81. The first-order valence-electron chi connectivity index (χ1n) is 5.84. The Bertz CT molecular complexity index is 479. The summed E-state index contributed by atoms with van der Waals surface area (Å²) in [6.45, 7) is 2.06. The summed E-state index contributed by atoms with van der Waals surface area (Å²) in [4.78, 5) is 0. The lowest BCUT2D eigenvalue weighted by Crippen LogP contribution is -2.26. The molecule has 0 saturated carbocycles. The van der Waals surface area contributed by atoms with Crippen molar-refractivity contribution in [1.82, 2.24) is 5.32 Å². The van der Waals surface area contributed by atoms with Crippen molar-refractivity contribution < 1.29 is 8.42 Å². The molecule has 1 fully saturated rings. The first-order valence-corrected chi connectivity index (χ1v) is 7.56. The Morgan fingerprint density at radius 3 is 2.65 bits per heavy atom. The molecular formula is C12H18N2O2S. The number of nitrogens with two attached hydrogens (primary N) is 1. The monoisotopic (exact) mass is 254 g/mol. The normalized spacial score (nSPS) is 18.2. The quantitative estimate of drug-likeness (QED) is 0.843. The van der Waals surface area contributed by atoms with Crippen molar-refractivity contribution in [2.45, 2.75) is 24.5 Å². The fraction of sp³-hybridized carbons (Fsp3) is 0.500. The van der Waals surface area contributed by atoms with Crippen LogP contribution in [-0.2, 0) is 15.8 Å². The third-order valence-corrected chi connectivity index (χ3v) is 3.87. The molecular weight excluding hydrogens is 236 g/mol. The summed E-state index contributed by atoms with van der Waals surface area (Å²) >= 11 is 0. The molecule has 1 saturated heterocycles. The Hall–Kier alpha value is -0.910. The van der Waals surface area contributed by atoms with Crippen molar-refractivity contribution >= 4 is 10.0 Å². The van der Waals surface area contributed by atoms with Crippen molar-refractivity contribution in [3.8, 4) is 0 Å². The fourth-order valence-electron chi connectivity index (χ4n) is 2.32. The second-order valence-electron chi connectivity index (χ2n) is 4.58. The molecule has 5 heteroatoms. The van der Waals surface area contributed by atoms with E-state index in [0.29, 0.717) is 5.92 Å². The maximum Gasteiger partial charge on any atom is 0.213 e. The molecule has 94 valence electrons. The van der Waals surface area contributed by atoms with Crippen molar-refractivity contribution in [3.05, 3.63) is 35.4 Å². The minimum Gasteiger partial charge on any atom is -0.317 e. The molecule has 0 radical (unpaired) electrons. The van der Waals surface area contributed by atoms with Gasteiger partial charge in [-0.25, -0.2) is 13.6 Å². The van der Waals surface area contributed by atoms with Crippen molar-refractivity contribution in [2.75, 3.05) is 13.1 Å². The van der Waals surface area contributed by atoms with Gasteiger partial charge in [-0.1, -0.05) is 24.3 Å². The SMILES string of the molecule is NS(=O)(=O)Cc1cccc(C2CCNCC2)c1. The highest BCUT2D eigenvalue weighted by Crippen LogP contribution is 2.25. The maximum absolute atomic E-state index is 11.1. The topological polar surface area (TPSA) is 72.2 Å². The molecule has 1 aliphatic rings. The lowest BCUT2D eigenvalue weighted by molar-refractivity contribution is 0.460. The Morgan fingerprint density at radius 1 is 1.29 bits per heavy atom. The summed E-state index contributed by atoms with van der Waals surface area (Å²) in [5, 5.41) is 8.38. The number of benzene rings is 1. The largest absolute Gasteiger partial charge is 0.317 e. The van der Waals surface area contributed by atoms with Gasteiger partial charge in [-0.3, -0.25) is 0 Å². The van der Waals surface area contributed by atoms with Crippen molar-refractivity contribution in [1.29, 1.82) is 0 Å². The molecule has 0 unspecified atom stereocenters. The molecule has 1 aliphatic heterocycles. The molecule has 2 rings (SSSR count). The molecule has 0 aromatic heterocycles. The van der Waals surface area contributed by atoms with Gasteiger partial charge in [-0.2, -0.15) is 0 Å². The second kappa shape index (κ2) is 5.16. The van der Waals surface area contributed by atoms with Crippen LogP contribution in [0, 0.1) is 0 Å². The van der Waals surface area contributed by atoms with Gasteiger partial charge in [0.15, 0.2) is 0 Å². The number of rotatable bonds is 3. The summed E-state index contributed by atoms with van der Waals surface area (Å²) in [7, 11) is -3.44. The van der Waals surface area contributed by atoms with E-state index in [0.717, 1.165) is 31.5 Å². The van der Waals surface area contributed by atoms with Crippen LogP contribution in [-0.4, -0.2) is 21.5 Å². The van der Waals surface area contributed by atoms with Crippen LogP contribution in [0.4, 0.5) is 0 Å². The van der Waals surface area contributed by atoms with E-state index < -0.39 is 10.0 Å². The number of nitrogens with one attached hydrogen (secondary N) is 1. The molecule has 1 heterocycles. The van der Waals surface area contributed by atoms with Crippen LogP contribution in [0.5, 0.6) is 0 Å². The highest BCUT2D eigenvalue weighted by molar-refractivity contribution is 7.88. The maximum atomic E-state index is 11.1. The first kappa shape index (κ1) is 12.5. The molecule has 0 bridgehead atoms. The van der Waals surface area contributed by atoms with Crippen LogP contribution in [0.25, 0.3) is 0 Å². The molecule has 0 amide bonds. The van der Waals surface area contributed by atoms with E-state index in [1.54, 1.807) is 0 Å². The first-order chi connectivity index (χ1) is 8.04. The minimum atomic E-state index is -3.44. The number of hydrogen-bond acceptors (Lipinski definition) is 3. The molecule has 3 N–H and O–H groups in total. The molecule has 17 heavy (non-hydrogen) atoms. The molecule has 0 spiro atoms. The third kappa shape index (κ3) is 3.80. The van der Waals surface area contributed by atoms with E-state index in [1.165, 1.54) is 5.56 Å². The summed E-state index contributed by atoms with van der Waals surface area (Å²) < 4.78 is 22.1. The van der Waals surface area contributed by atoms with Gasteiger partial charge in [-0.15, -0.1) is 0 Å². The smallest absolute Gasteiger partial charge is 0.213 e. The van der Waals surface area contributed by atoms with Gasteiger partial charge in [0.2, 0.25) is 10.0 Å². The van der Waals surface area contributed by atoms with Crippen LogP contribution in [0.2, 0.25) is 0 Å². The number of hydrogen-bond donors (Lipinski definition) is 2. The number of sulfonamides is 1. The Balaban J connectivity index is 2.16. The van der Waals surface area contributed by atoms with E-state index in [2.05, 4.69) is 11.4 Å². The van der Waals surface area contributed by atoms with Crippen molar-refractivity contribution in [3.63, 3.8) is 0 Å². The minimum absolute atomic E-state index is 0.0776. The summed E-state index contributed by atoms with van der Waals surface area (Å²) in [5.41, 5.74) is 2.01. The van der Waals surface area contributed by atoms with Gasteiger partial charge in [0.05, 0.1) is 5.75 Å². The van der Waals surface area contributed by atoms with Crippen LogP contribution < -0.4 is 10.5 Å². The lowest BCUT2D eigenvalue weighted by Gasteiger charge is -2.23. The fourth-order valence-corrected chi connectivity index (χ4v) is 2.97. The second-order valence-corrected chi connectivity index (χ2v) is 6.19. The van der Waals surface area contributed by atoms with Gasteiger partial charge in [0.25, 0.3) is 0 Å². The van der Waals surface area contributed by atoms with Gasteiger partial charge < -0.3 is 5.32 Å². The molecule has 1 aromatic carbocycles. The van der Waals surface area contributed by atoms with Crippen LogP contribution in [0.1, 0.15) is 29.9 Å². The molecule has 4 nitrogen and oxygen atoms in total. The average Bonchev–Trinajstić information content (AvgIpc) is 2.28. The van der Waals surface area contributed by atoms with E-state index in [9.17, 15) is 8.42 Å². The predicted octanol–water partition coefficient (Wildman–Crippen LogP) is 0.942. The molecule has 0 atom stereocenters. The van der Waals surface area contributed by atoms with Crippen LogP contribution in [0.3, 0.4) is 0 Å². The van der Waals surface area contributed by atoms with Crippen LogP contribution in [0.15, 0.2) is 24.3 Å². The number of piperidine rings is 1. The molecule has 1 aromatic rings. The van der Waals surface area contributed by atoms with Gasteiger partial charge >= 0.3 is 0 Å². The zero-order valence-electron chi connectivity index (χ0n) is 9.72. The predicted molar refractivity (Wildman–Crippen MR) is 68.1 cm³/mol. The highest BCUT2D eigenvalue weighted by Gasteiger charge is 2.15. The molecule has 0 aliphatic carbocycles. The van der Waals surface area contributed by atoms with Gasteiger partial charge in [0.1, 0.15) is 0 Å². The zero-order valence-corrected chi connectivity index (χ0v) is 10.5. The lowest BCUT2D eigenvalue weighted by atomic mass is 9.89. The average molecular weight is 254 g/mol. The Labute approximate surface area is 102 Å². The highest BCUT2D eigenvalue weighted by atomic mass is 32.2. The summed E-state index contributed by atoms with van der Waals surface area (Å²) in [5.74, 6) is 0.461. The van der Waals surface area contributed by atoms with Gasteiger partial charge in [0, 0.05) is 0 Å². The van der Waals surface area contributed by atoms with E-state index >= 15 is 0 Å². The Morgan fingerprint density at radius 2 is 2.00 bits per heavy atom. The third-order valence-electron chi connectivity index (χ3n) is 3.13. The van der Waals surface area contributed by atoms with Gasteiger partial charge in [-0.05, 0) is 43.0 Å². The van der Waals surface area contributed by atoms with E-state index in [1.807, 2.05) is 18.2 Å². The van der Waals surface area contributed by atoms with E-state index in [4.69, 9.17) is 5.14 Å². The summed E-state index contributed by atoms with van der Waals surface area (Å²) in [6, 6.07) is 7.77.